The topological polar surface area (TPSA) is 98.3 Å². The van der Waals surface area contributed by atoms with E-state index in [2.05, 4.69) is 17.6 Å². The molecule has 2 aromatic rings. The molecule has 0 aliphatic heterocycles. The monoisotopic (exact) mass is 309 g/mol. The van der Waals surface area contributed by atoms with Crippen LogP contribution in [0.15, 0.2) is 23.4 Å². The molecule has 0 aliphatic rings. The number of benzene rings is 1. The Labute approximate surface area is 126 Å². The Morgan fingerprint density at radius 3 is 2.57 bits per heavy atom. The zero-order valence-electron chi connectivity index (χ0n) is 11.8. The predicted molar refractivity (Wildman–Crippen MR) is 79.8 cm³/mol. The van der Waals surface area contributed by atoms with E-state index < -0.39 is 22.3 Å². The quantitative estimate of drug-likeness (QED) is 0.516. The van der Waals surface area contributed by atoms with Crippen molar-refractivity contribution in [3.8, 4) is 0 Å². The number of thiol groups is 1. The van der Waals surface area contributed by atoms with Crippen LogP contribution in [0.25, 0.3) is 11.0 Å². The van der Waals surface area contributed by atoms with Gasteiger partial charge in [-0.2, -0.15) is 0 Å². The highest BCUT2D eigenvalue weighted by atomic mass is 32.1. The third-order valence-electron chi connectivity index (χ3n) is 3.18. The molecule has 1 atom stereocenters. The van der Waals surface area contributed by atoms with Gasteiger partial charge in [-0.25, -0.2) is 9.78 Å². The van der Waals surface area contributed by atoms with Gasteiger partial charge in [-0.15, -0.1) is 12.6 Å². The number of carbonyl (C=O) groups is 1. The van der Waals surface area contributed by atoms with Crippen LogP contribution in [0, 0.1) is 15.5 Å². The standard InChI is InChI=1S/C13H15N3O4S/c1-13(2,3)10(11(17)18)15-9-5-4-7(16(19)20)6-8(9)14-12(15)21/h4-6,10H,1-3H3,(H,14,21)(H,17,18). The van der Waals surface area contributed by atoms with Gasteiger partial charge >= 0.3 is 5.97 Å². The van der Waals surface area contributed by atoms with E-state index in [9.17, 15) is 20.0 Å². The Morgan fingerprint density at radius 1 is 1.48 bits per heavy atom. The highest BCUT2D eigenvalue weighted by Gasteiger charge is 2.35. The lowest BCUT2D eigenvalue weighted by Crippen LogP contribution is -2.31. The van der Waals surface area contributed by atoms with Crippen molar-refractivity contribution in [3.05, 3.63) is 28.3 Å². The van der Waals surface area contributed by atoms with Gasteiger partial charge in [0.2, 0.25) is 0 Å². The maximum atomic E-state index is 11.6. The molecule has 0 fully saturated rings. The number of hydrogen-bond acceptors (Lipinski definition) is 5. The van der Waals surface area contributed by atoms with Crippen molar-refractivity contribution in [2.24, 2.45) is 5.41 Å². The number of nitro benzene ring substituents is 1. The summed E-state index contributed by atoms with van der Waals surface area (Å²) in [5, 5.41) is 20.5. The molecule has 1 aromatic heterocycles. The second-order valence-electron chi connectivity index (χ2n) is 5.82. The average Bonchev–Trinajstić information content (AvgIpc) is 2.63. The molecule has 112 valence electrons. The fourth-order valence-corrected chi connectivity index (χ4v) is 2.64. The fraction of sp³-hybridized carbons (Fsp3) is 0.385. The average molecular weight is 309 g/mol. The van der Waals surface area contributed by atoms with Crippen LogP contribution in [0.5, 0.6) is 0 Å². The molecule has 21 heavy (non-hydrogen) atoms. The first-order valence-electron chi connectivity index (χ1n) is 6.21. The van der Waals surface area contributed by atoms with Crippen LogP contribution in [-0.2, 0) is 4.79 Å². The minimum atomic E-state index is -1.00. The Morgan fingerprint density at radius 2 is 2.10 bits per heavy atom. The molecule has 8 heteroatoms. The maximum Gasteiger partial charge on any atom is 0.327 e. The van der Waals surface area contributed by atoms with Crippen LogP contribution in [0.4, 0.5) is 5.69 Å². The molecule has 7 nitrogen and oxygen atoms in total. The number of aliphatic carboxylic acids is 1. The van der Waals surface area contributed by atoms with Crippen LogP contribution >= 0.6 is 12.6 Å². The summed E-state index contributed by atoms with van der Waals surface area (Å²) in [5.41, 5.74) is 0.194. The van der Waals surface area contributed by atoms with Gasteiger partial charge < -0.3 is 9.67 Å². The van der Waals surface area contributed by atoms with Crippen LogP contribution in [-0.4, -0.2) is 25.6 Å². The van der Waals surface area contributed by atoms with Gasteiger partial charge in [-0.1, -0.05) is 20.8 Å². The number of rotatable bonds is 3. The van der Waals surface area contributed by atoms with Crippen molar-refractivity contribution < 1.29 is 14.8 Å². The number of nitro groups is 1. The zero-order chi connectivity index (χ0) is 15.9. The molecule has 0 saturated carbocycles. The molecule has 0 bridgehead atoms. The molecule has 1 aromatic carbocycles. The third-order valence-corrected chi connectivity index (χ3v) is 3.49. The Kier molecular flexibility index (Phi) is 3.66. The molecular weight excluding hydrogens is 294 g/mol. The van der Waals surface area contributed by atoms with Crippen molar-refractivity contribution in [1.82, 2.24) is 9.55 Å². The number of fused-ring (bicyclic) bond motifs is 1. The van der Waals surface area contributed by atoms with E-state index in [4.69, 9.17) is 0 Å². The smallest absolute Gasteiger partial charge is 0.327 e. The van der Waals surface area contributed by atoms with Gasteiger partial charge in [0.1, 0.15) is 6.04 Å². The highest BCUT2D eigenvalue weighted by Crippen LogP contribution is 2.36. The minimum Gasteiger partial charge on any atom is -0.480 e. The summed E-state index contributed by atoms with van der Waals surface area (Å²) in [4.78, 5) is 26.0. The molecule has 0 saturated heterocycles. The fourth-order valence-electron chi connectivity index (χ4n) is 2.31. The Balaban J connectivity index is 2.72. The largest absolute Gasteiger partial charge is 0.480 e. The molecule has 0 radical (unpaired) electrons. The maximum absolute atomic E-state index is 11.6. The lowest BCUT2D eigenvalue weighted by molar-refractivity contribution is -0.384. The van der Waals surface area contributed by atoms with E-state index in [1.54, 1.807) is 20.8 Å². The van der Waals surface area contributed by atoms with E-state index >= 15 is 0 Å². The SMILES string of the molecule is CC(C)(C)C(C(=O)O)n1c(S)nc2cc([N+](=O)[O-])ccc21. The molecular formula is C13H15N3O4S. The summed E-state index contributed by atoms with van der Waals surface area (Å²) in [5.74, 6) is -1.00. The first-order chi connectivity index (χ1) is 9.62. The Hall–Kier alpha value is -2.09. The lowest BCUT2D eigenvalue weighted by atomic mass is 9.86. The summed E-state index contributed by atoms with van der Waals surface area (Å²) in [7, 11) is 0. The van der Waals surface area contributed by atoms with Crippen molar-refractivity contribution >= 4 is 35.3 Å². The molecule has 0 amide bonds. The van der Waals surface area contributed by atoms with E-state index in [1.807, 2.05) is 0 Å². The summed E-state index contributed by atoms with van der Waals surface area (Å²) >= 11 is 4.23. The minimum absolute atomic E-state index is 0.0943. The van der Waals surface area contributed by atoms with E-state index in [0.717, 1.165) is 0 Å². The first-order valence-corrected chi connectivity index (χ1v) is 6.66. The highest BCUT2D eigenvalue weighted by molar-refractivity contribution is 7.80. The van der Waals surface area contributed by atoms with Gasteiger partial charge in [0, 0.05) is 12.1 Å². The van der Waals surface area contributed by atoms with Gasteiger partial charge in [-0.05, 0) is 11.5 Å². The number of aromatic nitrogens is 2. The van der Waals surface area contributed by atoms with Crippen LogP contribution in [0.3, 0.4) is 0 Å². The summed E-state index contributed by atoms with van der Waals surface area (Å²) in [6.45, 7) is 5.41. The van der Waals surface area contributed by atoms with Crippen molar-refractivity contribution in [3.63, 3.8) is 0 Å². The molecule has 0 spiro atoms. The van der Waals surface area contributed by atoms with Crippen molar-refractivity contribution in [2.45, 2.75) is 32.0 Å². The molecule has 1 heterocycles. The van der Waals surface area contributed by atoms with Gasteiger partial charge in [-0.3, -0.25) is 10.1 Å². The summed E-state index contributed by atoms with van der Waals surface area (Å²) in [6, 6.07) is 3.26. The zero-order valence-corrected chi connectivity index (χ0v) is 12.7. The van der Waals surface area contributed by atoms with Crippen LogP contribution in [0.1, 0.15) is 26.8 Å². The van der Waals surface area contributed by atoms with Gasteiger partial charge in [0.15, 0.2) is 5.16 Å². The van der Waals surface area contributed by atoms with Gasteiger partial charge in [0.05, 0.1) is 16.0 Å². The molecule has 0 aliphatic carbocycles. The van der Waals surface area contributed by atoms with Gasteiger partial charge in [0.25, 0.3) is 5.69 Å². The number of hydrogen-bond donors (Lipinski definition) is 2. The van der Waals surface area contributed by atoms with E-state index in [-0.39, 0.29) is 10.8 Å². The second kappa shape index (κ2) is 5.03. The van der Waals surface area contributed by atoms with Crippen LogP contribution in [0.2, 0.25) is 0 Å². The molecule has 1 N–H and O–H groups in total. The molecule has 2 rings (SSSR count). The third kappa shape index (κ3) is 2.71. The first kappa shape index (κ1) is 15.3. The number of nitrogens with zero attached hydrogens (tertiary/aromatic N) is 3. The predicted octanol–water partition coefficient (Wildman–Crippen LogP) is 2.91. The summed E-state index contributed by atoms with van der Waals surface area (Å²) in [6.07, 6.45) is 0. The molecule has 1 unspecified atom stereocenters. The Bertz CT molecular complexity index is 733. The number of non-ortho nitro benzene ring substituents is 1. The van der Waals surface area contributed by atoms with E-state index in [0.29, 0.717) is 11.0 Å². The van der Waals surface area contributed by atoms with E-state index in [1.165, 1.54) is 22.8 Å². The number of carboxylic acid groups (broad SMARTS) is 1. The van der Waals surface area contributed by atoms with Crippen LogP contribution < -0.4 is 0 Å². The number of imidazole rings is 1. The lowest BCUT2D eigenvalue weighted by Gasteiger charge is -2.29. The normalized spacial score (nSPS) is 13.3. The van der Waals surface area contributed by atoms with Crippen molar-refractivity contribution in [2.75, 3.05) is 0 Å². The number of carboxylic acids is 1. The van der Waals surface area contributed by atoms with Crippen molar-refractivity contribution in [1.29, 1.82) is 0 Å². The second-order valence-corrected chi connectivity index (χ2v) is 6.22. The summed E-state index contributed by atoms with van der Waals surface area (Å²) < 4.78 is 1.49.